The summed E-state index contributed by atoms with van der Waals surface area (Å²) >= 11 is 1.17. The fourth-order valence-corrected chi connectivity index (χ4v) is 3.97. The molecule has 0 saturated heterocycles. The second-order valence-corrected chi connectivity index (χ2v) is 7.55. The summed E-state index contributed by atoms with van der Waals surface area (Å²) in [5, 5.41) is 10.9. The number of nitriles is 1. The van der Waals surface area contributed by atoms with E-state index in [9.17, 15) is 13.2 Å². The van der Waals surface area contributed by atoms with Gasteiger partial charge in [-0.3, -0.25) is 4.79 Å². The van der Waals surface area contributed by atoms with Crippen LogP contribution in [0.4, 0.5) is 0 Å². The predicted molar refractivity (Wildman–Crippen MR) is 91.1 cm³/mol. The molecule has 2 heterocycles. The van der Waals surface area contributed by atoms with E-state index in [1.54, 1.807) is 24.3 Å². The molecule has 0 unspecified atom stereocenters. The fourth-order valence-electron chi connectivity index (χ4n) is 2.08. The lowest BCUT2D eigenvalue weighted by Crippen LogP contribution is -2.32. The van der Waals surface area contributed by atoms with E-state index in [4.69, 9.17) is 9.68 Å². The number of amides is 1. The number of hydrogen-bond donors (Lipinski definition) is 1. The first kappa shape index (κ1) is 16.9. The number of carbonyl (C=O) groups excluding carboxylic acids is 1. The van der Waals surface area contributed by atoms with Crippen LogP contribution >= 0.6 is 11.3 Å². The van der Waals surface area contributed by atoms with Crippen molar-refractivity contribution in [2.75, 3.05) is 0 Å². The van der Waals surface area contributed by atoms with Crippen molar-refractivity contribution in [3.63, 3.8) is 0 Å². The third kappa shape index (κ3) is 3.93. The second kappa shape index (κ2) is 6.88. The Morgan fingerprint density at radius 3 is 2.80 bits per heavy atom. The highest BCUT2D eigenvalue weighted by Gasteiger charge is 2.21. The average Bonchev–Trinajstić information content (AvgIpc) is 3.25. The van der Waals surface area contributed by atoms with Crippen LogP contribution in [0.1, 0.15) is 21.6 Å². The molecule has 2 aromatic heterocycles. The quantitative estimate of drug-likeness (QED) is 0.735. The number of thiazole rings is 1. The molecule has 0 radical (unpaired) electrons. The summed E-state index contributed by atoms with van der Waals surface area (Å²) in [6.45, 7) is 0. The minimum atomic E-state index is -3.97. The summed E-state index contributed by atoms with van der Waals surface area (Å²) in [6.07, 6.45) is 1.48. The largest absolute Gasteiger partial charge is 0.462 e. The molecule has 1 amide bonds. The van der Waals surface area contributed by atoms with Gasteiger partial charge in [-0.25, -0.2) is 18.1 Å². The number of sulfonamides is 1. The maximum Gasteiger partial charge on any atom is 0.284 e. The van der Waals surface area contributed by atoms with E-state index >= 15 is 0 Å². The zero-order chi connectivity index (χ0) is 17.9. The molecule has 0 atom stereocenters. The van der Waals surface area contributed by atoms with Crippen molar-refractivity contribution < 1.29 is 17.6 Å². The molecule has 1 aromatic carbocycles. The van der Waals surface area contributed by atoms with E-state index < -0.39 is 21.7 Å². The number of nitrogens with one attached hydrogen (secondary N) is 1. The van der Waals surface area contributed by atoms with Gasteiger partial charge in [-0.05, 0) is 23.8 Å². The topological polar surface area (TPSA) is 113 Å². The van der Waals surface area contributed by atoms with Crippen LogP contribution in [-0.4, -0.2) is 19.3 Å². The number of hydrogen-bond acceptors (Lipinski definition) is 7. The van der Waals surface area contributed by atoms with E-state index in [-0.39, 0.29) is 11.3 Å². The lowest BCUT2D eigenvalue weighted by molar-refractivity contribution is 0.0977. The van der Waals surface area contributed by atoms with Gasteiger partial charge in [0.15, 0.2) is 10.8 Å². The van der Waals surface area contributed by atoms with Crippen LogP contribution in [0.15, 0.2) is 52.5 Å². The zero-order valence-electron chi connectivity index (χ0n) is 12.7. The van der Waals surface area contributed by atoms with Crippen molar-refractivity contribution in [2.24, 2.45) is 0 Å². The Bertz CT molecular complexity index is 1050. The summed E-state index contributed by atoms with van der Waals surface area (Å²) in [4.78, 5) is 16.2. The molecular weight excluding hydrogens is 362 g/mol. The molecule has 0 aliphatic rings. The highest BCUT2D eigenvalue weighted by Crippen LogP contribution is 2.24. The first-order chi connectivity index (χ1) is 12.0. The van der Waals surface area contributed by atoms with E-state index in [2.05, 4.69) is 4.98 Å². The summed E-state index contributed by atoms with van der Waals surface area (Å²) in [5.74, 6) is -0.809. The first-order valence-corrected chi connectivity index (χ1v) is 9.54. The van der Waals surface area contributed by atoms with Crippen molar-refractivity contribution >= 4 is 27.3 Å². The maximum atomic E-state index is 12.2. The molecule has 3 aromatic rings. The zero-order valence-corrected chi connectivity index (χ0v) is 14.3. The lowest BCUT2D eigenvalue weighted by Gasteiger charge is -2.06. The highest BCUT2D eigenvalue weighted by molar-refractivity contribution is 7.89. The molecule has 1 N–H and O–H groups in total. The molecule has 0 saturated carbocycles. The molecule has 126 valence electrons. The van der Waals surface area contributed by atoms with Gasteiger partial charge in [0.05, 0.1) is 23.6 Å². The van der Waals surface area contributed by atoms with Crippen molar-refractivity contribution in [3.05, 3.63) is 64.9 Å². The minimum absolute atomic E-state index is 0.0199. The molecule has 25 heavy (non-hydrogen) atoms. The minimum Gasteiger partial charge on any atom is -0.462 e. The molecule has 0 aliphatic carbocycles. The third-order valence-corrected chi connectivity index (χ3v) is 5.24. The number of rotatable bonds is 5. The van der Waals surface area contributed by atoms with E-state index in [0.29, 0.717) is 16.3 Å². The Hall–Kier alpha value is -2.96. The molecule has 7 nitrogen and oxygen atoms in total. The number of aromatic nitrogens is 1. The van der Waals surface area contributed by atoms with Crippen LogP contribution in [0.25, 0.3) is 10.8 Å². The summed E-state index contributed by atoms with van der Waals surface area (Å²) in [6, 6.07) is 11.6. The van der Waals surface area contributed by atoms with Crippen LogP contribution in [0.5, 0.6) is 0 Å². The number of furan rings is 1. The van der Waals surface area contributed by atoms with Crippen LogP contribution in [0.3, 0.4) is 0 Å². The number of carbonyl (C=O) groups is 1. The maximum absolute atomic E-state index is 12.2. The summed E-state index contributed by atoms with van der Waals surface area (Å²) in [7, 11) is -3.97. The first-order valence-electron chi connectivity index (χ1n) is 7.01. The summed E-state index contributed by atoms with van der Waals surface area (Å²) < 4.78 is 31.6. The van der Waals surface area contributed by atoms with Gasteiger partial charge >= 0.3 is 0 Å². The van der Waals surface area contributed by atoms with Gasteiger partial charge < -0.3 is 4.42 Å². The van der Waals surface area contributed by atoms with Gasteiger partial charge in [0.25, 0.3) is 5.91 Å². The third-order valence-electron chi connectivity index (χ3n) is 3.20. The number of nitrogens with zero attached hydrogens (tertiary/aromatic N) is 2. The lowest BCUT2D eigenvalue weighted by atomic mass is 10.1. The van der Waals surface area contributed by atoms with Crippen LogP contribution in [0, 0.1) is 11.3 Å². The van der Waals surface area contributed by atoms with Crippen molar-refractivity contribution in [1.82, 2.24) is 9.71 Å². The molecule has 0 aliphatic heterocycles. The van der Waals surface area contributed by atoms with Gasteiger partial charge in [-0.2, -0.15) is 5.26 Å². The van der Waals surface area contributed by atoms with E-state index in [0.717, 1.165) is 0 Å². The van der Waals surface area contributed by atoms with E-state index in [1.165, 1.54) is 35.1 Å². The number of benzene rings is 1. The van der Waals surface area contributed by atoms with Crippen molar-refractivity contribution in [2.45, 2.75) is 5.75 Å². The Labute approximate surface area is 147 Å². The SMILES string of the molecule is N#Cc1ccccc1CS(=O)(=O)NC(=O)c1csc(-c2ccco2)n1. The second-order valence-electron chi connectivity index (χ2n) is 4.97. The standard InChI is InChI=1S/C16H11N3O4S2/c17-8-11-4-1-2-5-12(11)10-25(21,22)19-15(20)13-9-24-16(18-13)14-6-3-7-23-14/h1-7,9H,10H2,(H,19,20). The molecule has 3 rings (SSSR count). The Morgan fingerprint density at radius 2 is 2.08 bits per heavy atom. The smallest absolute Gasteiger partial charge is 0.284 e. The van der Waals surface area contributed by atoms with Gasteiger partial charge in [0, 0.05) is 5.38 Å². The van der Waals surface area contributed by atoms with Crippen LogP contribution in [0.2, 0.25) is 0 Å². The Kier molecular flexibility index (Phi) is 4.65. The Morgan fingerprint density at radius 1 is 1.28 bits per heavy atom. The summed E-state index contributed by atoms with van der Waals surface area (Å²) in [5.41, 5.74) is 0.544. The molecule has 9 heteroatoms. The van der Waals surface area contributed by atoms with Gasteiger partial charge in [0.1, 0.15) is 5.69 Å². The van der Waals surface area contributed by atoms with Gasteiger partial charge in [-0.15, -0.1) is 11.3 Å². The highest BCUT2D eigenvalue weighted by atomic mass is 32.2. The molecule has 0 spiro atoms. The van der Waals surface area contributed by atoms with Crippen LogP contribution < -0.4 is 4.72 Å². The average molecular weight is 373 g/mol. The van der Waals surface area contributed by atoms with Crippen molar-refractivity contribution in [1.29, 1.82) is 5.26 Å². The monoisotopic (exact) mass is 373 g/mol. The molecule has 0 fully saturated rings. The fraction of sp³-hybridized carbons (Fsp3) is 0.0625. The van der Waals surface area contributed by atoms with Crippen molar-refractivity contribution in [3.8, 4) is 16.8 Å². The van der Waals surface area contributed by atoms with Gasteiger partial charge in [-0.1, -0.05) is 18.2 Å². The van der Waals surface area contributed by atoms with E-state index in [1.807, 2.05) is 10.8 Å². The van der Waals surface area contributed by atoms with Crippen LogP contribution in [-0.2, 0) is 15.8 Å². The molecule has 0 bridgehead atoms. The predicted octanol–water partition coefficient (Wildman–Crippen LogP) is 2.53. The normalized spacial score (nSPS) is 11.0. The van der Waals surface area contributed by atoms with Gasteiger partial charge in [0.2, 0.25) is 10.0 Å². The Balaban J connectivity index is 1.75. The molecular formula is C16H11N3O4S2.